The van der Waals surface area contributed by atoms with Crippen molar-refractivity contribution in [1.29, 1.82) is 0 Å². The molecule has 1 unspecified atom stereocenters. The number of carbonyl (C=O) groups is 1. The van der Waals surface area contributed by atoms with Crippen molar-refractivity contribution in [2.45, 2.75) is 19.1 Å². The molecule has 2 aromatic heterocycles. The highest BCUT2D eigenvalue weighted by molar-refractivity contribution is 6.30. The first-order valence-electron chi connectivity index (χ1n) is 10.7. The molecule has 32 heavy (non-hydrogen) atoms. The number of hydrogen-bond acceptors (Lipinski definition) is 4. The number of pyridine rings is 1. The van der Waals surface area contributed by atoms with E-state index in [1.165, 1.54) is 0 Å². The van der Waals surface area contributed by atoms with Gasteiger partial charge in [-0.05, 0) is 42.0 Å². The predicted octanol–water partition coefficient (Wildman–Crippen LogP) is 4.28. The Labute approximate surface area is 191 Å². The summed E-state index contributed by atoms with van der Waals surface area (Å²) in [5.41, 5.74) is 4.75. The number of nitrogens with zero attached hydrogens (tertiary/aromatic N) is 4. The van der Waals surface area contributed by atoms with E-state index in [4.69, 9.17) is 21.3 Å². The molecule has 0 saturated carbocycles. The van der Waals surface area contributed by atoms with Crippen molar-refractivity contribution in [1.82, 2.24) is 19.4 Å². The van der Waals surface area contributed by atoms with Crippen molar-refractivity contribution >= 4 is 28.5 Å². The fourth-order valence-corrected chi connectivity index (χ4v) is 4.28. The predicted molar refractivity (Wildman–Crippen MR) is 124 cm³/mol. The minimum absolute atomic E-state index is 0.0523. The summed E-state index contributed by atoms with van der Waals surface area (Å²) >= 11 is 6.11. The second-order valence-electron chi connectivity index (χ2n) is 7.92. The van der Waals surface area contributed by atoms with E-state index in [1.807, 2.05) is 76.2 Å². The SMILES string of the molecule is O=C(Cn1cnc2ccccc21)N1CCOC(c2cccc(Cc3cccc(Cl)c3)n2)C1. The number of carbonyl (C=O) groups excluding carboxylic acids is 1. The number of imidazole rings is 1. The Morgan fingerprint density at radius 2 is 1.97 bits per heavy atom. The molecule has 0 bridgehead atoms. The maximum absolute atomic E-state index is 13.0. The topological polar surface area (TPSA) is 60.2 Å². The molecule has 0 aliphatic carbocycles. The van der Waals surface area contributed by atoms with Gasteiger partial charge in [-0.1, -0.05) is 41.9 Å². The third-order valence-corrected chi connectivity index (χ3v) is 5.92. The van der Waals surface area contributed by atoms with Crippen LogP contribution in [0.4, 0.5) is 0 Å². The lowest BCUT2D eigenvalue weighted by atomic mass is 10.1. The lowest BCUT2D eigenvalue weighted by Crippen LogP contribution is -2.43. The average molecular weight is 447 g/mol. The van der Waals surface area contributed by atoms with E-state index in [1.54, 1.807) is 6.33 Å². The number of hydrogen-bond donors (Lipinski definition) is 0. The molecule has 0 spiro atoms. The van der Waals surface area contributed by atoms with Crippen molar-refractivity contribution in [3.05, 3.63) is 95.0 Å². The molecule has 1 aliphatic heterocycles. The average Bonchev–Trinajstić information content (AvgIpc) is 3.22. The smallest absolute Gasteiger partial charge is 0.242 e. The standard InChI is InChI=1S/C25H23ClN4O2/c26-19-6-3-5-18(13-19)14-20-7-4-9-22(28-20)24-15-29(11-12-32-24)25(31)16-30-17-27-21-8-1-2-10-23(21)30/h1-10,13,17,24H,11-12,14-16H2. The normalized spacial score (nSPS) is 16.4. The summed E-state index contributed by atoms with van der Waals surface area (Å²) in [7, 11) is 0. The van der Waals surface area contributed by atoms with Crippen molar-refractivity contribution in [2.75, 3.05) is 19.7 Å². The highest BCUT2D eigenvalue weighted by Crippen LogP contribution is 2.23. The molecule has 1 saturated heterocycles. The first-order chi connectivity index (χ1) is 15.7. The van der Waals surface area contributed by atoms with Gasteiger partial charge in [0.15, 0.2) is 0 Å². The van der Waals surface area contributed by atoms with Crippen LogP contribution in [0.2, 0.25) is 5.02 Å². The zero-order valence-corrected chi connectivity index (χ0v) is 18.3. The van der Waals surface area contributed by atoms with E-state index in [9.17, 15) is 4.79 Å². The van der Waals surface area contributed by atoms with Crippen LogP contribution in [0.25, 0.3) is 11.0 Å². The summed E-state index contributed by atoms with van der Waals surface area (Å²) < 4.78 is 7.87. The summed E-state index contributed by atoms with van der Waals surface area (Å²) in [6.07, 6.45) is 2.17. The van der Waals surface area contributed by atoms with E-state index in [0.717, 1.165) is 28.0 Å². The van der Waals surface area contributed by atoms with Gasteiger partial charge in [-0.25, -0.2) is 4.98 Å². The summed E-state index contributed by atoms with van der Waals surface area (Å²) in [6, 6.07) is 21.6. The van der Waals surface area contributed by atoms with Crippen LogP contribution in [0, 0.1) is 0 Å². The molecule has 3 heterocycles. The van der Waals surface area contributed by atoms with Gasteiger partial charge in [0.25, 0.3) is 0 Å². The molecule has 0 radical (unpaired) electrons. The Morgan fingerprint density at radius 3 is 2.88 bits per heavy atom. The zero-order valence-electron chi connectivity index (χ0n) is 17.5. The van der Waals surface area contributed by atoms with Gasteiger partial charge < -0.3 is 14.2 Å². The van der Waals surface area contributed by atoms with Crippen LogP contribution in [0.3, 0.4) is 0 Å². The van der Waals surface area contributed by atoms with Crippen LogP contribution in [-0.2, 0) is 22.5 Å². The Balaban J connectivity index is 1.28. The van der Waals surface area contributed by atoms with Crippen LogP contribution >= 0.6 is 11.6 Å². The van der Waals surface area contributed by atoms with Gasteiger partial charge in [0.05, 0.1) is 36.2 Å². The van der Waals surface area contributed by atoms with Crippen LogP contribution in [0.15, 0.2) is 73.1 Å². The number of aromatic nitrogens is 3. The number of halogens is 1. The molecule has 2 aromatic carbocycles. The Kier molecular flexibility index (Phi) is 5.88. The van der Waals surface area contributed by atoms with Gasteiger partial charge in [0.2, 0.25) is 5.91 Å². The number of para-hydroxylation sites is 2. The van der Waals surface area contributed by atoms with Crippen LogP contribution in [0.5, 0.6) is 0 Å². The molecule has 162 valence electrons. The van der Waals surface area contributed by atoms with Crippen molar-refractivity contribution in [2.24, 2.45) is 0 Å². The van der Waals surface area contributed by atoms with Gasteiger partial charge in [0, 0.05) is 23.7 Å². The minimum atomic E-state index is -0.244. The highest BCUT2D eigenvalue weighted by Gasteiger charge is 2.26. The number of rotatable bonds is 5. The third-order valence-electron chi connectivity index (χ3n) is 5.68. The van der Waals surface area contributed by atoms with Crippen molar-refractivity contribution < 1.29 is 9.53 Å². The van der Waals surface area contributed by atoms with Gasteiger partial charge in [0.1, 0.15) is 12.6 Å². The minimum Gasteiger partial charge on any atom is -0.368 e. The largest absolute Gasteiger partial charge is 0.368 e. The van der Waals surface area contributed by atoms with Gasteiger partial charge in [-0.15, -0.1) is 0 Å². The van der Waals surface area contributed by atoms with Crippen molar-refractivity contribution in [3.8, 4) is 0 Å². The number of morpholine rings is 1. The molecule has 0 N–H and O–H groups in total. The van der Waals surface area contributed by atoms with Crippen LogP contribution in [0.1, 0.15) is 23.1 Å². The maximum atomic E-state index is 13.0. The van der Waals surface area contributed by atoms with E-state index in [2.05, 4.69) is 4.98 Å². The van der Waals surface area contributed by atoms with E-state index >= 15 is 0 Å². The fraction of sp³-hybridized carbons (Fsp3) is 0.240. The summed E-state index contributed by atoms with van der Waals surface area (Å²) in [4.78, 5) is 24.1. The summed E-state index contributed by atoms with van der Waals surface area (Å²) in [5.74, 6) is 0.0523. The van der Waals surface area contributed by atoms with Gasteiger partial charge in [-0.2, -0.15) is 0 Å². The molecular weight excluding hydrogens is 424 g/mol. The number of amides is 1. The van der Waals surface area contributed by atoms with E-state index in [0.29, 0.717) is 31.1 Å². The molecule has 5 rings (SSSR count). The summed E-state index contributed by atoms with van der Waals surface area (Å²) in [6.45, 7) is 1.81. The Hall–Kier alpha value is -3.22. The zero-order chi connectivity index (χ0) is 21.9. The van der Waals surface area contributed by atoms with Gasteiger partial charge in [-0.3, -0.25) is 9.78 Å². The molecule has 1 fully saturated rings. The number of ether oxygens (including phenoxy) is 1. The number of benzene rings is 2. The second kappa shape index (κ2) is 9.10. The molecule has 1 amide bonds. The van der Waals surface area contributed by atoms with Crippen LogP contribution < -0.4 is 0 Å². The molecule has 1 aliphatic rings. The Bertz CT molecular complexity index is 1260. The Morgan fingerprint density at radius 1 is 1.09 bits per heavy atom. The lowest BCUT2D eigenvalue weighted by Gasteiger charge is -2.33. The quantitative estimate of drug-likeness (QED) is 0.459. The highest BCUT2D eigenvalue weighted by atomic mass is 35.5. The lowest BCUT2D eigenvalue weighted by molar-refractivity contribution is -0.139. The first-order valence-corrected chi connectivity index (χ1v) is 11.0. The molecule has 7 heteroatoms. The van der Waals surface area contributed by atoms with Crippen LogP contribution in [-0.4, -0.2) is 45.0 Å². The molecule has 6 nitrogen and oxygen atoms in total. The third kappa shape index (κ3) is 4.52. The second-order valence-corrected chi connectivity index (χ2v) is 8.36. The fourth-order valence-electron chi connectivity index (χ4n) is 4.07. The molecule has 1 atom stereocenters. The van der Waals surface area contributed by atoms with Crippen molar-refractivity contribution in [3.63, 3.8) is 0 Å². The van der Waals surface area contributed by atoms with E-state index < -0.39 is 0 Å². The number of fused-ring (bicyclic) bond motifs is 1. The first kappa shape index (κ1) is 20.7. The molecule has 4 aromatic rings. The maximum Gasteiger partial charge on any atom is 0.242 e. The summed E-state index contributed by atoms with van der Waals surface area (Å²) in [5, 5.41) is 0.717. The monoisotopic (exact) mass is 446 g/mol. The van der Waals surface area contributed by atoms with Gasteiger partial charge >= 0.3 is 0 Å². The van der Waals surface area contributed by atoms with E-state index in [-0.39, 0.29) is 18.6 Å². The molecular formula is C25H23ClN4O2.